The molecule has 0 aliphatic rings. The summed E-state index contributed by atoms with van der Waals surface area (Å²) in [5, 5.41) is 5.50. The van der Waals surface area contributed by atoms with Crippen LogP contribution in [0.2, 0.25) is 0 Å². The van der Waals surface area contributed by atoms with Gasteiger partial charge in [-0.05, 0) is 42.2 Å². The van der Waals surface area contributed by atoms with Crippen LogP contribution < -0.4 is 16.4 Å². The number of aryl methyl sites for hydroxylation is 1. The van der Waals surface area contributed by atoms with E-state index < -0.39 is 6.03 Å². The molecule has 0 saturated heterocycles. The fraction of sp³-hybridized carbons (Fsp3) is 0.263. The lowest BCUT2D eigenvalue weighted by Crippen LogP contribution is -2.28. The summed E-state index contributed by atoms with van der Waals surface area (Å²) < 4.78 is 0. The van der Waals surface area contributed by atoms with E-state index in [0.29, 0.717) is 12.1 Å². The number of primary amides is 1. The Bertz CT molecular complexity index is 694. The largest absolute Gasteiger partial charge is 0.352 e. The van der Waals surface area contributed by atoms with Crippen LogP contribution in [0.15, 0.2) is 48.5 Å². The molecule has 0 aromatic heterocycles. The van der Waals surface area contributed by atoms with Crippen LogP contribution >= 0.6 is 0 Å². The average Bonchev–Trinajstić information content (AvgIpc) is 2.60. The van der Waals surface area contributed by atoms with E-state index >= 15 is 0 Å². The lowest BCUT2D eigenvalue weighted by Gasteiger charge is -2.15. The average molecular weight is 325 g/mol. The van der Waals surface area contributed by atoms with Crippen LogP contribution in [-0.2, 0) is 13.0 Å². The predicted octanol–water partition coefficient (Wildman–Crippen LogP) is 2.91. The van der Waals surface area contributed by atoms with Crippen molar-refractivity contribution in [2.24, 2.45) is 5.73 Å². The van der Waals surface area contributed by atoms with Gasteiger partial charge in [-0.25, -0.2) is 4.79 Å². The van der Waals surface area contributed by atoms with Crippen molar-refractivity contribution in [2.45, 2.75) is 32.9 Å². The normalized spacial score (nSPS) is 11.6. The molecule has 3 amide bonds. The van der Waals surface area contributed by atoms with Gasteiger partial charge in [0.1, 0.15) is 0 Å². The van der Waals surface area contributed by atoms with Crippen molar-refractivity contribution < 1.29 is 9.59 Å². The summed E-state index contributed by atoms with van der Waals surface area (Å²) in [6.45, 7) is 4.42. The number of amides is 3. The summed E-state index contributed by atoms with van der Waals surface area (Å²) in [5.74, 6) is -0.128. The van der Waals surface area contributed by atoms with Gasteiger partial charge in [0.05, 0.1) is 6.04 Å². The van der Waals surface area contributed by atoms with Crippen LogP contribution in [-0.4, -0.2) is 11.9 Å². The highest BCUT2D eigenvalue weighted by atomic mass is 16.2. The summed E-state index contributed by atoms with van der Waals surface area (Å²) in [6.07, 6.45) is 0.998. The molecular weight excluding hydrogens is 302 g/mol. The molecule has 1 atom stereocenters. The standard InChI is InChI=1S/C19H23N3O2/c1-3-14-4-8-16(9-5-14)13(2)22-18(23)17-10-6-15(7-11-17)12-21-19(20)24/h4-11,13H,3,12H2,1-2H3,(H,22,23)(H3,20,21,24). The van der Waals surface area contributed by atoms with Gasteiger partial charge in [0.2, 0.25) is 0 Å². The van der Waals surface area contributed by atoms with E-state index in [1.807, 2.05) is 19.1 Å². The first-order valence-corrected chi connectivity index (χ1v) is 8.01. The molecule has 0 bridgehead atoms. The third-order valence-corrected chi connectivity index (χ3v) is 3.92. The molecule has 126 valence electrons. The Morgan fingerprint density at radius 3 is 2.12 bits per heavy atom. The van der Waals surface area contributed by atoms with E-state index in [1.54, 1.807) is 24.3 Å². The van der Waals surface area contributed by atoms with Gasteiger partial charge in [0.25, 0.3) is 5.91 Å². The third-order valence-electron chi connectivity index (χ3n) is 3.92. The molecule has 0 aliphatic carbocycles. The highest BCUT2D eigenvalue weighted by Crippen LogP contribution is 2.15. The quantitative estimate of drug-likeness (QED) is 0.763. The van der Waals surface area contributed by atoms with Gasteiger partial charge in [0, 0.05) is 12.1 Å². The van der Waals surface area contributed by atoms with Crippen LogP contribution in [0, 0.1) is 0 Å². The Kier molecular flexibility index (Phi) is 5.95. The Labute approximate surface area is 142 Å². The van der Waals surface area contributed by atoms with Gasteiger partial charge in [-0.1, -0.05) is 43.3 Å². The van der Waals surface area contributed by atoms with E-state index in [4.69, 9.17) is 5.73 Å². The van der Waals surface area contributed by atoms with E-state index in [-0.39, 0.29) is 11.9 Å². The second kappa shape index (κ2) is 8.15. The number of carbonyl (C=O) groups excluding carboxylic acids is 2. The number of hydrogen-bond donors (Lipinski definition) is 3. The van der Waals surface area contributed by atoms with Crippen LogP contribution in [0.1, 0.15) is 46.9 Å². The molecule has 0 aliphatic heterocycles. The van der Waals surface area contributed by atoms with E-state index in [1.165, 1.54) is 5.56 Å². The van der Waals surface area contributed by atoms with Gasteiger partial charge < -0.3 is 16.4 Å². The second-order valence-electron chi connectivity index (χ2n) is 5.71. The molecule has 0 saturated carbocycles. The first-order valence-electron chi connectivity index (χ1n) is 8.01. The molecule has 0 fully saturated rings. The lowest BCUT2D eigenvalue weighted by atomic mass is 10.0. The molecular formula is C19H23N3O2. The SMILES string of the molecule is CCc1ccc(C(C)NC(=O)c2ccc(CNC(N)=O)cc2)cc1. The smallest absolute Gasteiger partial charge is 0.312 e. The van der Waals surface area contributed by atoms with Crippen LogP contribution in [0.3, 0.4) is 0 Å². The number of nitrogens with two attached hydrogens (primary N) is 1. The summed E-state index contributed by atoms with van der Waals surface area (Å²) in [4.78, 5) is 23.0. The van der Waals surface area contributed by atoms with Crippen LogP contribution in [0.25, 0.3) is 0 Å². The molecule has 0 heterocycles. The molecule has 24 heavy (non-hydrogen) atoms. The Morgan fingerprint density at radius 1 is 1.00 bits per heavy atom. The predicted molar refractivity (Wildman–Crippen MR) is 94.6 cm³/mol. The van der Waals surface area contributed by atoms with Gasteiger partial charge in [-0.15, -0.1) is 0 Å². The van der Waals surface area contributed by atoms with Crippen molar-refractivity contribution in [3.8, 4) is 0 Å². The Morgan fingerprint density at radius 2 is 1.58 bits per heavy atom. The number of nitrogens with one attached hydrogen (secondary N) is 2. The molecule has 2 aromatic rings. The number of carbonyl (C=O) groups is 2. The summed E-state index contributed by atoms with van der Waals surface area (Å²) in [7, 11) is 0. The molecule has 0 radical (unpaired) electrons. The van der Waals surface area contributed by atoms with E-state index in [2.05, 4.69) is 29.7 Å². The van der Waals surface area contributed by atoms with Crippen molar-refractivity contribution in [1.82, 2.24) is 10.6 Å². The first-order chi connectivity index (χ1) is 11.5. The molecule has 0 spiro atoms. The Hall–Kier alpha value is -2.82. The van der Waals surface area contributed by atoms with Gasteiger partial charge >= 0.3 is 6.03 Å². The van der Waals surface area contributed by atoms with Crippen molar-refractivity contribution in [1.29, 1.82) is 0 Å². The minimum Gasteiger partial charge on any atom is -0.352 e. The highest BCUT2D eigenvalue weighted by Gasteiger charge is 2.11. The molecule has 1 unspecified atom stereocenters. The topological polar surface area (TPSA) is 84.2 Å². The number of hydrogen-bond acceptors (Lipinski definition) is 2. The van der Waals surface area contributed by atoms with E-state index in [9.17, 15) is 9.59 Å². The van der Waals surface area contributed by atoms with Crippen LogP contribution in [0.4, 0.5) is 4.79 Å². The van der Waals surface area contributed by atoms with Crippen molar-refractivity contribution in [3.63, 3.8) is 0 Å². The lowest BCUT2D eigenvalue weighted by molar-refractivity contribution is 0.0940. The first kappa shape index (κ1) is 17.5. The van der Waals surface area contributed by atoms with E-state index in [0.717, 1.165) is 17.5 Å². The molecule has 2 aromatic carbocycles. The summed E-state index contributed by atoms with van der Waals surface area (Å²) in [5.41, 5.74) is 8.84. The summed E-state index contributed by atoms with van der Waals surface area (Å²) >= 11 is 0. The maximum atomic E-state index is 12.3. The zero-order valence-corrected chi connectivity index (χ0v) is 14.0. The molecule has 5 heteroatoms. The number of urea groups is 1. The van der Waals surface area contributed by atoms with Crippen molar-refractivity contribution in [3.05, 3.63) is 70.8 Å². The third kappa shape index (κ3) is 4.84. The Balaban J connectivity index is 1.96. The van der Waals surface area contributed by atoms with Gasteiger partial charge in [-0.2, -0.15) is 0 Å². The fourth-order valence-corrected chi connectivity index (χ4v) is 2.37. The maximum absolute atomic E-state index is 12.3. The van der Waals surface area contributed by atoms with Crippen molar-refractivity contribution >= 4 is 11.9 Å². The second-order valence-corrected chi connectivity index (χ2v) is 5.71. The number of benzene rings is 2. The van der Waals surface area contributed by atoms with Crippen LogP contribution in [0.5, 0.6) is 0 Å². The molecule has 5 nitrogen and oxygen atoms in total. The van der Waals surface area contributed by atoms with Crippen molar-refractivity contribution in [2.75, 3.05) is 0 Å². The maximum Gasteiger partial charge on any atom is 0.312 e. The number of rotatable bonds is 6. The highest BCUT2D eigenvalue weighted by molar-refractivity contribution is 5.94. The monoisotopic (exact) mass is 325 g/mol. The minimum absolute atomic E-state index is 0.0698. The molecule has 4 N–H and O–H groups in total. The fourth-order valence-electron chi connectivity index (χ4n) is 2.37. The zero-order chi connectivity index (χ0) is 17.5. The molecule has 2 rings (SSSR count). The van der Waals surface area contributed by atoms with Gasteiger partial charge in [0.15, 0.2) is 0 Å². The van der Waals surface area contributed by atoms with Gasteiger partial charge in [-0.3, -0.25) is 4.79 Å². The zero-order valence-electron chi connectivity index (χ0n) is 14.0. The minimum atomic E-state index is -0.570. The summed E-state index contributed by atoms with van der Waals surface area (Å²) in [6, 6.07) is 14.7.